The zero-order valence-corrected chi connectivity index (χ0v) is 11.8. The molecule has 1 aromatic heterocycles. The number of halogens is 3. The highest BCUT2D eigenvalue weighted by Crippen LogP contribution is 2.34. The number of benzene rings is 1. The van der Waals surface area contributed by atoms with Crippen LogP contribution in [0.3, 0.4) is 0 Å². The van der Waals surface area contributed by atoms with Crippen molar-refractivity contribution < 1.29 is 13.2 Å². The fraction of sp³-hybridized carbons (Fsp3) is 0.357. The molecule has 108 valence electrons. The van der Waals surface area contributed by atoms with Gasteiger partial charge >= 0.3 is 6.18 Å². The molecule has 2 nitrogen and oxygen atoms in total. The molecule has 1 heterocycles. The third kappa shape index (κ3) is 3.80. The molecule has 20 heavy (non-hydrogen) atoms. The minimum Gasteiger partial charge on any atom is -0.323 e. The Hall–Kier alpha value is -1.40. The predicted molar refractivity (Wildman–Crippen MR) is 73.5 cm³/mol. The van der Waals surface area contributed by atoms with Gasteiger partial charge < -0.3 is 5.73 Å². The van der Waals surface area contributed by atoms with Gasteiger partial charge in [-0.05, 0) is 25.3 Å². The highest BCUT2D eigenvalue weighted by Gasteiger charge is 2.34. The lowest BCUT2D eigenvalue weighted by atomic mass is 10.0. The summed E-state index contributed by atoms with van der Waals surface area (Å²) in [7, 11) is 0. The molecule has 0 bridgehead atoms. The fourth-order valence-corrected chi connectivity index (χ4v) is 2.74. The Kier molecular flexibility index (Phi) is 4.45. The minimum atomic E-state index is -4.39. The average molecular weight is 300 g/mol. The van der Waals surface area contributed by atoms with E-state index in [0.29, 0.717) is 22.6 Å². The molecule has 0 radical (unpaired) electrons. The van der Waals surface area contributed by atoms with E-state index in [1.54, 1.807) is 0 Å². The summed E-state index contributed by atoms with van der Waals surface area (Å²) in [6, 6.07) is 7.60. The van der Waals surface area contributed by atoms with Gasteiger partial charge in [0.2, 0.25) is 0 Å². The van der Waals surface area contributed by atoms with Gasteiger partial charge in [0.15, 0.2) is 5.01 Å². The van der Waals surface area contributed by atoms with E-state index in [-0.39, 0.29) is 0 Å². The zero-order valence-electron chi connectivity index (χ0n) is 10.9. The van der Waals surface area contributed by atoms with E-state index in [2.05, 4.69) is 11.1 Å². The van der Waals surface area contributed by atoms with Crippen LogP contribution in [-0.4, -0.2) is 4.98 Å². The van der Waals surface area contributed by atoms with Crippen molar-refractivity contribution in [2.45, 2.75) is 32.0 Å². The van der Waals surface area contributed by atoms with Gasteiger partial charge in [0.05, 0.1) is 0 Å². The fourth-order valence-electron chi connectivity index (χ4n) is 1.92. The van der Waals surface area contributed by atoms with Gasteiger partial charge in [-0.15, -0.1) is 11.3 Å². The van der Waals surface area contributed by atoms with Gasteiger partial charge in [-0.2, -0.15) is 13.2 Å². The third-order valence-corrected chi connectivity index (χ3v) is 4.13. The normalized spacial score (nSPS) is 13.4. The van der Waals surface area contributed by atoms with Crippen molar-refractivity contribution in [2.75, 3.05) is 0 Å². The molecule has 1 unspecified atom stereocenters. The molecule has 2 aromatic rings. The van der Waals surface area contributed by atoms with Crippen molar-refractivity contribution in [2.24, 2.45) is 5.73 Å². The third-order valence-electron chi connectivity index (χ3n) is 2.96. The number of alkyl halides is 3. The molecule has 0 aliphatic rings. The first-order chi connectivity index (χ1) is 9.36. The zero-order chi connectivity index (χ0) is 14.8. The summed E-state index contributed by atoms with van der Waals surface area (Å²) >= 11 is 0.625. The lowest BCUT2D eigenvalue weighted by Crippen LogP contribution is -2.09. The molecule has 0 fully saturated rings. The molecule has 1 atom stereocenters. The molecule has 0 spiro atoms. The van der Waals surface area contributed by atoms with Crippen molar-refractivity contribution in [3.63, 3.8) is 0 Å². The highest BCUT2D eigenvalue weighted by molar-refractivity contribution is 7.11. The van der Waals surface area contributed by atoms with Crippen LogP contribution in [0.2, 0.25) is 0 Å². The second-order valence-electron chi connectivity index (χ2n) is 4.70. The summed E-state index contributed by atoms with van der Waals surface area (Å²) in [6.07, 6.45) is -1.82. The number of nitrogens with two attached hydrogens (primary N) is 1. The molecule has 0 aliphatic heterocycles. The van der Waals surface area contributed by atoms with Crippen LogP contribution in [0.15, 0.2) is 30.5 Å². The molecule has 0 aliphatic carbocycles. The Labute approximate surface area is 119 Å². The van der Waals surface area contributed by atoms with Crippen LogP contribution in [0.5, 0.6) is 0 Å². The molecule has 0 saturated heterocycles. The second kappa shape index (κ2) is 5.93. The minimum absolute atomic E-state index is 0.413. The van der Waals surface area contributed by atoms with Crippen molar-refractivity contribution in [1.82, 2.24) is 4.98 Å². The maximum atomic E-state index is 12.5. The Morgan fingerprint density at radius 2 is 2.10 bits per heavy atom. The van der Waals surface area contributed by atoms with Crippen molar-refractivity contribution in [3.8, 4) is 0 Å². The van der Waals surface area contributed by atoms with Crippen molar-refractivity contribution >= 4 is 11.3 Å². The monoisotopic (exact) mass is 300 g/mol. The topological polar surface area (TPSA) is 38.9 Å². The summed E-state index contributed by atoms with van der Waals surface area (Å²) in [5.74, 6) is 0. The predicted octanol–water partition coefficient (Wildman–Crippen LogP) is 4.10. The Morgan fingerprint density at radius 1 is 1.35 bits per heavy atom. The highest BCUT2D eigenvalue weighted by atomic mass is 32.1. The maximum absolute atomic E-state index is 12.5. The number of thiazole rings is 1. The molecule has 6 heteroatoms. The maximum Gasteiger partial charge on any atom is 0.443 e. The van der Waals surface area contributed by atoms with Crippen LogP contribution in [0.1, 0.15) is 33.5 Å². The van der Waals surface area contributed by atoms with Crippen LogP contribution in [-0.2, 0) is 12.6 Å². The summed E-state index contributed by atoms with van der Waals surface area (Å²) in [4.78, 5) is 3.87. The second-order valence-corrected chi connectivity index (χ2v) is 5.76. The molecule has 2 N–H and O–H groups in total. The molecule has 2 rings (SSSR count). The largest absolute Gasteiger partial charge is 0.443 e. The first kappa shape index (κ1) is 15.0. The molecular formula is C14H15F3N2S. The van der Waals surface area contributed by atoms with Crippen LogP contribution in [0, 0.1) is 6.92 Å². The number of aromatic nitrogens is 1. The standard InChI is InChI=1S/C14H15F3N2S/c1-9-3-2-4-10(7-9)5-6-11(18)12-8-19-13(20-12)14(15,16)17/h2-4,7-8,11H,5-6,18H2,1H3. The van der Waals surface area contributed by atoms with Crippen LogP contribution in [0.25, 0.3) is 0 Å². The lowest BCUT2D eigenvalue weighted by molar-refractivity contribution is -0.137. The van der Waals surface area contributed by atoms with E-state index in [1.165, 1.54) is 6.20 Å². The summed E-state index contributed by atoms with van der Waals surface area (Å²) in [5.41, 5.74) is 8.24. The van der Waals surface area contributed by atoms with Crippen LogP contribution >= 0.6 is 11.3 Å². The van der Waals surface area contributed by atoms with Crippen molar-refractivity contribution in [3.05, 3.63) is 51.5 Å². The van der Waals surface area contributed by atoms with Gasteiger partial charge in [0, 0.05) is 17.1 Å². The Morgan fingerprint density at radius 3 is 2.70 bits per heavy atom. The number of hydrogen-bond acceptors (Lipinski definition) is 3. The Bertz CT molecular complexity index is 578. The van der Waals surface area contributed by atoms with E-state index in [0.717, 1.165) is 17.5 Å². The number of rotatable bonds is 4. The van der Waals surface area contributed by atoms with Gasteiger partial charge in [0.25, 0.3) is 0 Å². The Balaban J connectivity index is 1.98. The first-order valence-electron chi connectivity index (χ1n) is 6.20. The van der Waals surface area contributed by atoms with Gasteiger partial charge in [-0.25, -0.2) is 4.98 Å². The smallest absolute Gasteiger partial charge is 0.323 e. The summed E-state index contributed by atoms with van der Waals surface area (Å²) in [6.45, 7) is 2.00. The quantitative estimate of drug-likeness (QED) is 0.923. The average Bonchev–Trinajstić information content (AvgIpc) is 2.85. The molecule has 0 saturated carbocycles. The summed E-state index contributed by atoms with van der Waals surface area (Å²) < 4.78 is 37.4. The number of aryl methyl sites for hydroxylation is 2. The lowest BCUT2D eigenvalue weighted by Gasteiger charge is -2.09. The summed E-state index contributed by atoms with van der Waals surface area (Å²) in [5, 5.41) is -0.835. The van der Waals surface area contributed by atoms with E-state index in [4.69, 9.17) is 5.73 Å². The van der Waals surface area contributed by atoms with Crippen LogP contribution in [0.4, 0.5) is 13.2 Å². The van der Waals surface area contributed by atoms with Gasteiger partial charge in [0.1, 0.15) is 0 Å². The molecule has 0 amide bonds. The first-order valence-corrected chi connectivity index (χ1v) is 7.02. The van der Waals surface area contributed by atoms with Gasteiger partial charge in [-0.1, -0.05) is 29.8 Å². The van der Waals surface area contributed by atoms with E-state index >= 15 is 0 Å². The molecule has 1 aromatic carbocycles. The van der Waals surface area contributed by atoms with Crippen LogP contribution < -0.4 is 5.73 Å². The number of nitrogens with zero attached hydrogens (tertiary/aromatic N) is 1. The SMILES string of the molecule is Cc1cccc(CCC(N)c2cnc(C(F)(F)F)s2)c1. The van der Waals surface area contributed by atoms with E-state index in [9.17, 15) is 13.2 Å². The van der Waals surface area contributed by atoms with E-state index < -0.39 is 17.2 Å². The van der Waals surface area contributed by atoms with Gasteiger partial charge in [-0.3, -0.25) is 0 Å². The number of hydrogen-bond donors (Lipinski definition) is 1. The van der Waals surface area contributed by atoms with Crippen molar-refractivity contribution in [1.29, 1.82) is 0 Å². The molecular weight excluding hydrogens is 285 g/mol. The van der Waals surface area contributed by atoms with E-state index in [1.807, 2.05) is 25.1 Å².